The molecule has 90 valence electrons. The molecule has 1 aliphatic rings. The third-order valence-electron chi connectivity index (χ3n) is 2.05. The Morgan fingerprint density at radius 2 is 2.12 bits per heavy atom. The van der Waals surface area contributed by atoms with Gasteiger partial charge in [0.05, 0.1) is 6.21 Å². The molecular weight excluding hydrogens is 226 g/mol. The first-order valence-corrected chi connectivity index (χ1v) is 4.92. The standard InChI is InChI=1S/C10H11N3O4/c14-10(13-15)12-11-6-7-1-2-8-9(5-7)17-4-3-16-8/h1-2,5-6,15H,3-4H2,(H2,12,13,14)/b11-6+. The highest BCUT2D eigenvalue weighted by molar-refractivity contribution is 5.82. The first-order chi connectivity index (χ1) is 8.29. The van der Waals surface area contributed by atoms with Crippen LogP contribution in [0.15, 0.2) is 23.3 Å². The molecule has 1 aliphatic heterocycles. The number of nitrogens with one attached hydrogen (secondary N) is 2. The number of hydrogen-bond donors (Lipinski definition) is 3. The monoisotopic (exact) mass is 237 g/mol. The minimum atomic E-state index is -0.807. The van der Waals surface area contributed by atoms with Crippen LogP contribution in [0, 0.1) is 0 Å². The van der Waals surface area contributed by atoms with E-state index in [-0.39, 0.29) is 0 Å². The molecule has 0 aliphatic carbocycles. The lowest BCUT2D eigenvalue weighted by atomic mass is 10.2. The van der Waals surface area contributed by atoms with Crippen LogP contribution in [0.2, 0.25) is 0 Å². The summed E-state index contributed by atoms with van der Waals surface area (Å²) in [6.07, 6.45) is 1.42. The van der Waals surface area contributed by atoms with Gasteiger partial charge in [-0.1, -0.05) is 0 Å². The molecule has 3 N–H and O–H groups in total. The van der Waals surface area contributed by atoms with Gasteiger partial charge in [0, 0.05) is 0 Å². The Hall–Kier alpha value is -2.28. The quantitative estimate of drug-likeness (QED) is 0.396. The number of ether oxygens (including phenoxy) is 2. The van der Waals surface area contributed by atoms with Crippen LogP contribution in [-0.2, 0) is 0 Å². The molecule has 7 nitrogen and oxygen atoms in total. The second-order valence-corrected chi connectivity index (χ2v) is 3.21. The Morgan fingerprint density at radius 1 is 1.35 bits per heavy atom. The number of rotatable bonds is 2. The maximum Gasteiger partial charge on any atom is 0.358 e. The Bertz CT molecular complexity index is 447. The minimum absolute atomic E-state index is 0.513. The number of hydrazone groups is 1. The fourth-order valence-corrected chi connectivity index (χ4v) is 1.33. The van der Waals surface area contributed by atoms with Gasteiger partial charge in [-0.25, -0.2) is 15.7 Å². The predicted octanol–water partition coefficient (Wildman–Crippen LogP) is 0.480. The maximum absolute atomic E-state index is 10.6. The number of carbonyl (C=O) groups is 1. The average Bonchev–Trinajstić information content (AvgIpc) is 2.38. The van der Waals surface area contributed by atoms with Crippen LogP contribution in [0.4, 0.5) is 4.79 Å². The highest BCUT2D eigenvalue weighted by Crippen LogP contribution is 2.30. The van der Waals surface area contributed by atoms with Gasteiger partial charge >= 0.3 is 6.03 Å². The van der Waals surface area contributed by atoms with Crippen LogP contribution in [0.5, 0.6) is 11.5 Å². The van der Waals surface area contributed by atoms with Crippen LogP contribution < -0.4 is 20.4 Å². The molecule has 1 aromatic carbocycles. The summed E-state index contributed by atoms with van der Waals surface area (Å²) in [5, 5.41) is 11.8. The van der Waals surface area contributed by atoms with E-state index < -0.39 is 6.03 Å². The third kappa shape index (κ3) is 2.85. The summed E-state index contributed by atoms with van der Waals surface area (Å²) < 4.78 is 10.7. The molecule has 2 rings (SSSR count). The van der Waals surface area contributed by atoms with E-state index >= 15 is 0 Å². The number of urea groups is 1. The lowest BCUT2D eigenvalue weighted by molar-refractivity contribution is 0.162. The number of carbonyl (C=O) groups excluding carboxylic acids is 1. The zero-order valence-corrected chi connectivity index (χ0v) is 8.84. The fraction of sp³-hybridized carbons (Fsp3) is 0.200. The summed E-state index contributed by atoms with van der Waals surface area (Å²) in [5.41, 5.74) is 4.19. The van der Waals surface area contributed by atoms with E-state index in [1.165, 1.54) is 11.7 Å². The summed E-state index contributed by atoms with van der Waals surface area (Å²) in [6, 6.07) is 4.48. The smallest absolute Gasteiger partial charge is 0.358 e. The molecule has 7 heteroatoms. The first-order valence-electron chi connectivity index (χ1n) is 4.92. The molecule has 0 saturated carbocycles. The molecule has 2 amide bonds. The van der Waals surface area contributed by atoms with E-state index in [0.29, 0.717) is 24.7 Å². The van der Waals surface area contributed by atoms with Crippen LogP contribution in [0.3, 0.4) is 0 Å². The van der Waals surface area contributed by atoms with Crippen LogP contribution >= 0.6 is 0 Å². The molecule has 0 aromatic heterocycles. The zero-order valence-electron chi connectivity index (χ0n) is 8.84. The zero-order chi connectivity index (χ0) is 12.1. The van der Waals surface area contributed by atoms with Crippen molar-refractivity contribution in [1.29, 1.82) is 0 Å². The highest BCUT2D eigenvalue weighted by Gasteiger charge is 2.10. The van der Waals surface area contributed by atoms with Crippen molar-refractivity contribution in [2.75, 3.05) is 13.2 Å². The molecule has 0 unspecified atom stereocenters. The number of amides is 2. The number of hydroxylamine groups is 1. The third-order valence-corrected chi connectivity index (χ3v) is 2.05. The molecule has 0 saturated heterocycles. The Morgan fingerprint density at radius 3 is 2.88 bits per heavy atom. The molecular formula is C10H11N3O4. The molecule has 1 aromatic rings. The van der Waals surface area contributed by atoms with Crippen LogP contribution in [0.1, 0.15) is 5.56 Å². The molecule has 0 bridgehead atoms. The van der Waals surface area contributed by atoms with Crippen molar-refractivity contribution in [1.82, 2.24) is 10.9 Å². The largest absolute Gasteiger partial charge is 0.486 e. The van der Waals surface area contributed by atoms with E-state index in [9.17, 15) is 4.79 Å². The Labute approximate surface area is 97.0 Å². The van der Waals surface area contributed by atoms with Gasteiger partial charge in [-0.3, -0.25) is 5.21 Å². The van der Waals surface area contributed by atoms with E-state index in [0.717, 1.165) is 5.56 Å². The van der Waals surface area contributed by atoms with Gasteiger partial charge < -0.3 is 9.47 Å². The second kappa shape index (κ2) is 5.17. The summed E-state index contributed by atoms with van der Waals surface area (Å²) >= 11 is 0. The molecule has 0 radical (unpaired) electrons. The summed E-state index contributed by atoms with van der Waals surface area (Å²) in [6.45, 7) is 1.05. The second-order valence-electron chi connectivity index (χ2n) is 3.21. The van der Waals surface area contributed by atoms with Crippen LogP contribution in [-0.4, -0.2) is 30.7 Å². The van der Waals surface area contributed by atoms with E-state index in [1.807, 2.05) is 0 Å². The SMILES string of the molecule is O=C(NO)N/N=C/c1ccc2c(c1)OCCO2. The van der Waals surface area contributed by atoms with E-state index in [4.69, 9.17) is 14.7 Å². The van der Waals surface area contributed by atoms with Crippen molar-refractivity contribution in [2.24, 2.45) is 5.10 Å². The highest BCUT2D eigenvalue weighted by atomic mass is 16.6. The predicted molar refractivity (Wildman–Crippen MR) is 58.5 cm³/mol. The van der Waals surface area contributed by atoms with Crippen molar-refractivity contribution in [3.8, 4) is 11.5 Å². The number of nitrogens with zero attached hydrogens (tertiary/aromatic N) is 1. The fourth-order valence-electron chi connectivity index (χ4n) is 1.33. The Balaban J connectivity index is 2.04. The molecule has 1 heterocycles. The number of fused-ring (bicyclic) bond motifs is 1. The van der Waals surface area contributed by atoms with Gasteiger partial charge in [0.15, 0.2) is 11.5 Å². The van der Waals surface area contributed by atoms with E-state index in [2.05, 4.69) is 10.5 Å². The number of hydrogen-bond acceptors (Lipinski definition) is 5. The number of benzene rings is 1. The van der Waals surface area contributed by atoms with E-state index in [1.54, 1.807) is 18.2 Å². The van der Waals surface area contributed by atoms with Crippen molar-refractivity contribution >= 4 is 12.2 Å². The molecule has 17 heavy (non-hydrogen) atoms. The maximum atomic E-state index is 10.6. The van der Waals surface area contributed by atoms with Gasteiger partial charge in [-0.2, -0.15) is 5.10 Å². The van der Waals surface area contributed by atoms with Gasteiger partial charge in [0.1, 0.15) is 13.2 Å². The topological polar surface area (TPSA) is 92.2 Å². The van der Waals surface area contributed by atoms with Crippen molar-refractivity contribution in [3.05, 3.63) is 23.8 Å². The van der Waals surface area contributed by atoms with Gasteiger partial charge in [-0.05, 0) is 23.8 Å². The van der Waals surface area contributed by atoms with Crippen molar-refractivity contribution < 1.29 is 19.5 Å². The van der Waals surface area contributed by atoms with Gasteiger partial charge in [0.2, 0.25) is 0 Å². The average molecular weight is 237 g/mol. The molecule has 0 atom stereocenters. The molecule has 0 spiro atoms. The lowest BCUT2D eigenvalue weighted by Crippen LogP contribution is -2.29. The Kier molecular flexibility index (Phi) is 3.41. The summed E-state index contributed by atoms with van der Waals surface area (Å²) in [7, 11) is 0. The van der Waals surface area contributed by atoms with Gasteiger partial charge in [0.25, 0.3) is 0 Å². The summed E-state index contributed by atoms with van der Waals surface area (Å²) in [5.74, 6) is 1.33. The first kappa shape index (κ1) is 11.2. The summed E-state index contributed by atoms with van der Waals surface area (Å²) in [4.78, 5) is 10.6. The normalized spacial score (nSPS) is 13.5. The van der Waals surface area contributed by atoms with Gasteiger partial charge in [-0.15, -0.1) is 0 Å². The minimum Gasteiger partial charge on any atom is -0.486 e. The lowest BCUT2D eigenvalue weighted by Gasteiger charge is -2.18. The van der Waals surface area contributed by atoms with Crippen LogP contribution in [0.25, 0.3) is 0 Å². The van der Waals surface area contributed by atoms with Crippen molar-refractivity contribution in [2.45, 2.75) is 0 Å². The van der Waals surface area contributed by atoms with Crippen molar-refractivity contribution in [3.63, 3.8) is 0 Å². The molecule has 0 fully saturated rings.